The minimum Gasteiger partial charge on any atom is -0.391 e. The average Bonchev–Trinajstić information content (AvgIpc) is 2.60. The molecule has 0 radical (unpaired) electrons. The van der Waals surface area contributed by atoms with Crippen LogP contribution in [0.25, 0.3) is 22.6 Å². The van der Waals surface area contributed by atoms with E-state index < -0.39 is 25.2 Å². The number of benzene rings is 1. The quantitative estimate of drug-likeness (QED) is 0.239. The summed E-state index contributed by atoms with van der Waals surface area (Å²) in [6, 6.07) is 3.65. The second-order valence-corrected chi connectivity index (χ2v) is 8.05. The summed E-state index contributed by atoms with van der Waals surface area (Å²) in [4.78, 5) is 51.7. The number of aliphatic hydroxyl groups excluding tert-OH is 1. The number of rotatable bonds is 7. The number of phosphoric ester groups is 1. The highest BCUT2D eigenvalue weighted by atomic mass is 31.2. The van der Waals surface area contributed by atoms with Gasteiger partial charge < -0.3 is 19.5 Å². The first-order valence-corrected chi connectivity index (χ1v) is 10.4. The van der Waals surface area contributed by atoms with Crippen LogP contribution in [0.5, 0.6) is 0 Å². The molecule has 0 saturated heterocycles. The van der Waals surface area contributed by atoms with Crippen LogP contribution in [0.2, 0.25) is 0 Å². The number of fused-ring (bicyclic) bond motifs is 2. The largest absolute Gasteiger partial charge is 0.469 e. The molecule has 0 aliphatic carbocycles. The molecule has 29 heavy (non-hydrogen) atoms. The third-order valence-corrected chi connectivity index (χ3v) is 5.08. The molecule has 0 spiro atoms. The van der Waals surface area contributed by atoms with Gasteiger partial charge in [-0.1, -0.05) is 0 Å². The molecule has 11 nitrogen and oxygen atoms in total. The van der Waals surface area contributed by atoms with Crippen molar-refractivity contribution in [1.82, 2.24) is 19.5 Å². The smallest absolute Gasteiger partial charge is 0.391 e. The van der Waals surface area contributed by atoms with Crippen molar-refractivity contribution >= 4 is 18.9 Å². The lowest BCUT2D eigenvalue weighted by Gasteiger charge is -2.20. The lowest BCUT2D eigenvalue weighted by atomic mass is 10.1. The molecule has 0 saturated carbocycles. The summed E-state index contributed by atoms with van der Waals surface area (Å²) in [6.07, 6.45) is -0.560. The van der Waals surface area contributed by atoms with Gasteiger partial charge in [-0.05, 0) is 49.9 Å². The maximum atomic E-state index is 12.2. The van der Waals surface area contributed by atoms with Gasteiger partial charge in [0.15, 0.2) is 11.5 Å². The van der Waals surface area contributed by atoms with Crippen molar-refractivity contribution in [2.75, 3.05) is 6.61 Å². The van der Waals surface area contributed by atoms with Crippen LogP contribution in [0.1, 0.15) is 24.0 Å². The summed E-state index contributed by atoms with van der Waals surface area (Å²) in [5.41, 5.74) is 1.55. The fourth-order valence-corrected chi connectivity index (χ4v) is 3.41. The first kappa shape index (κ1) is 21.3. The number of phosphoric acid groups is 1. The normalized spacial score (nSPS) is 13.3. The molecular formula is C17H21N4O7P. The van der Waals surface area contributed by atoms with Gasteiger partial charge in [0, 0.05) is 0 Å². The van der Waals surface area contributed by atoms with Gasteiger partial charge in [-0.15, -0.1) is 0 Å². The van der Waals surface area contributed by atoms with Gasteiger partial charge >= 0.3 is 13.5 Å². The number of hydrogen-bond donors (Lipinski definition) is 4. The Morgan fingerprint density at radius 2 is 1.90 bits per heavy atom. The number of H-pyrrole nitrogens is 1. The number of aliphatic hydroxyl groups is 1. The predicted octanol–water partition coefficient (Wildman–Crippen LogP) is 0.452. The van der Waals surface area contributed by atoms with E-state index in [1.54, 1.807) is 4.57 Å². The van der Waals surface area contributed by atoms with Crippen LogP contribution < -0.4 is 11.2 Å². The standard InChI is InChI=1S/C17H21N4O7P/c1-9-6-12-13(7-10(9)2)21(8-11(22)4-3-5-28-29(25,26)27)15-14(18-12)16(23)20-17(24)19-15/h6-7,11,22H,3-5,8H2,1-2H3,(H,20,23,24)(H2,25,26,27). The Balaban J connectivity index is 1.99. The van der Waals surface area contributed by atoms with Crippen molar-refractivity contribution in [1.29, 1.82) is 0 Å². The second kappa shape index (κ2) is 8.13. The molecule has 1 unspecified atom stereocenters. The van der Waals surface area contributed by atoms with E-state index in [1.165, 1.54) is 0 Å². The van der Waals surface area contributed by atoms with Crippen LogP contribution in [0.15, 0.2) is 21.7 Å². The van der Waals surface area contributed by atoms with Crippen molar-refractivity contribution in [2.45, 2.75) is 39.3 Å². The van der Waals surface area contributed by atoms with Crippen molar-refractivity contribution in [3.63, 3.8) is 0 Å². The summed E-state index contributed by atoms with van der Waals surface area (Å²) < 4.78 is 16.6. The highest BCUT2D eigenvalue weighted by Gasteiger charge is 2.21. The van der Waals surface area contributed by atoms with E-state index in [9.17, 15) is 19.3 Å². The third-order valence-electron chi connectivity index (χ3n) is 4.56. The Bertz CT molecular complexity index is 1180. The van der Waals surface area contributed by atoms with E-state index >= 15 is 0 Å². The summed E-state index contributed by atoms with van der Waals surface area (Å²) in [7, 11) is -4.56. The van der Waals surface area contributed by atoms with Gasteiger partial charge in [-0.25, -0.2) is 14.3 Å². The van der Waals surface area contributed by atoms with Gasteiger partial charge in [-0.3, -0.25) is 14.3 Å². The molecule has 1 atom stereocenters. The van der Waals surface area contributed by atoms with Crippen molar-refractivity contribution in [3.8, 4) is 11.5 Å². The van der Waals surface area contributed by atoms with E-state index in [0.29, 0.717) is 11.0 Å². The van der Waals surface area contributed by atoms with Crippen LogP contribution in [-0.2, 0) is 15.6 Å². The zero-order chi connectivity index (χ0) is 21.3. The molecule has 156 valence electrons. The Labute approximate surface area is 164 Å². The van der Waals surface area contributed by atoms with E-state index in [0.717, 1.165) is 11.1 Å². The molecule has 1 aromatic rings. The fourth-order valence-electron chi connectivity index (χ4n) is 3.04. The number of hydrogen-bond acceptors (Lipinski definition) is 7. The van der Waals surface area contributed by atoms with Crippen LogP contribution in [0.3, 0.4) is 0 Å². The number of aromatic nitrogens is 4. The highest BCUT2D eigenvalue weighted by Crippen LogP contribution is 2.35. The van der Waals surface area contributed by atoms with Crippen LogP contribution in [0, 0.1) is 13.8 Å². The van der Waals surface area contributed by atoms with Crippen molar-refractivity contribution in [2.24, 2.45) is 0 Å². The van der Waals surface area contributed by atoms with Crippen LogP contribution in [0.4, 0.5) is 0 Å². The lowest BCUT2D eigenvalue weighted by Crippen LogP contribution is -2.30. The van der Waals surface area contributed by atoms with E-state index in [4.69, 9.17) is 9.79 Å². The van der Waals surface area contributed by atoms with E-state index in [1.807, 2.05) is 26.0 Å². The predicted molar refractivity (Wildman–Crippen MR) is 104 cm³/mol. The van der Waals surface area contributed by atoms with E-state index in [2.05, 4.69) is 19.5 Å². The molecule has 0 aromatic heterocycles. The Hall–Kier alpha value is -2.43. The minimum atomic E-state index is -4.56. The lowest BCUT2D eigenvalue weighted by molar-refractivity contribution is 0.128. The zero-order valence-corrected chi connectivity index (χ0v) is 16.7. The van der Waals surface area contributed by atoms with Crippen LogP contribution in [-0.4, -0.2) is 47.1 Å². The summed E-state index contributed by atoms with van der Waals surface area (Å²) in [5, 5.41) is 10.4. The molecule has 2 heterocycles. The van der Waals surface area contributed by atoms with Gasteiger partial charge in [0.2, 0.25) is 0 Å². The van der Waals surface area contributed by atoms with Gasteiger partial charge in [0.25, 0.3) is 5.56 Å². The molecule has 2 aliphatic heterocycles. The monoisotopic (exact) mass is 424 g/mol. The number of aryl methyl sites for hydroxylation is 2. The maximum Gasteiger partial charge on any atom is 0.469 e. The Morgan fingerprint density at radius 1 is 1.21 bits per heavy atom. The van der Waals surface area contributed by atoms with E-state index in [-0.39, 0.29) is 37.5 Å². The fraction of sp³-hybridized carbons (Fsp3) is 0.412. The van der Waals surface area contributed by atoms with Gasteiger partial charge in [-0.2, -0.15) is 4.98 Å². The molecule has 4 N–H and O–H groups in total. The SMILES string of the molecule is Cc1cc2nc3c(=O)[nH]c(=O)nc-3n(CC(O)CCCOP(=O)(O)O)c2cc1C. The summed E-state index contributed by atoms with van der Waals surface area (Å²) in [5.74, 6) is 0.0556. The number of aromatic amines is 1. The average molecular weight is 424 g/mol. The second-order valence-electron chi connectivity index (χ2n) is 6.81. The summed E-state index contributed by atoms with van der Waals surface area (Å²) >= 11 is 0. The first-order valence-electron chi connectivity index (χ1n) is 8.85. The molecule has 12 heteroatoms. The molecule has 0 fully saturated rings. The third kappa shape index (κ3) is 4.95. The minimum absolute atomic E-state index is 0.00379. The number of nitrogens with one attached hydrogen (secondary N) is 1. The first-order chi connectivity index (χ1) is 13.5. The Kier molecular flexibility index (Phi) is 5.97. The zero-order valence-electron chi connectivity index (χ0n) is 15.8. The van der Waals surface area contributed by atoms with Gasteiger partial charge in [0.1, 0.15) is 0 Å². The molecule has 1 aromatic carbocycles. The molecule has 0 amide bonds. The Morgan fingerprint density at radius 3 is 2.59 bits per heavy atom. The molecule has 3 rings (SSSR count). The maximum absolute atomic E-state index is 12.2. The number of nitrogens with zero attached hydrogens (tertiary/aromatic N) is 3. The molecular weight excluding hydrogens is 403 g/mol. The molecule has 0 bridgehead atoms. The molecule has 2 aliphatic rings. The highest BCUT2D eigenvalue weighted by molar-refractivity contribution is 7.46. The van der Waals surface area contributed by atoms with Crippen molar-refractivity contribution in [3.05, 3.63) is 44.1 Å². The summed E-state index contributed by atoms with van der Waals surface area (Å²) in [6.45, 7) is 3.60. The van der Waals surface area contributed by atoms with Crippen LogP contribution >= 0.6 is 7.82 Å². The topological polar surface area (TPSA) is 168 Å². The van der Waals surface area contributed by atoms with Gasteiger partial charge in [0.05, 0.1) is 30.3 Å². The van der Waals surface area contributed by atoms with Crippen molar-refractivity contribution < 1.29 is 24.0 Å².